The average molecular weight is 248 g/mol. The van der Waals surface area contributed by atoms with Crippen molar-refractivity contribution in [2.45, 2.75) is 18.5 Å². The van der Waals surface area contributed by atoms with Crippen molar-refractivity contribution in [3.8, 4) is 0 Å². The molecule has 2 atom stereocenters. The Kier molecular flexibility index (Phi) is 2.68. The molecular formula is C12H16N4O2. The fraction of sp³-hybridized carbons (Fsp3) is 0.500. The monoisotopic (exact) mass is 248 g/mol. The SMILES string of the molecule is CN1CC2C[C@H]1CN2c1ccc(C(=O)NO)cn1. The number of likely N-dealkylation sites (tertiary alicyclic amines) is 1. The highest BCUT2D eigenvalue weighted by molar-refractivity contribution is 5.93. The molecule has 0 aromatic carbocycles. The predicted molar refractivity (Wildman–Crippen MR) is 65.7 cm³/mol. The number of pyridine rings is 1. The normalized spacial score (nSPS) is 26.7. The van der Waals surface area contributed by atoms with Crippen LogP contribution in [-0.4, -0.2) is 53.2 Å². The summed E-state index contributed by atoms with van der Waals surface area (Å²) in [4.78, 5) is 20.2. The van der Waals surface area contributed by atoms with E-state index in [1.807, 2.05) is 6.07 Å². The maximum Gasteiger partial charge on any atom is 0.276 e. The van der Waals surface area contributed by atoms with Crippen LogP contribution in [-0.2, 0) is 0 Å². The van der Waals surface area contributed by atoms with Crippen molar-refractivity contribution in [1.82, 2.24) is 15.4 Å². The molecule has 2 bridgehead atoms. The third-order valence-electron chi connectivity index (χ3n) is 3.92. The van der Waals surface area contributed by atoms with Gasteiger partial charge in [0.25, 0.3) is 5.91 Å². The number of rotatable bonds is 2. The van der Waals surface area contributed by atoms with E-state index in [4.69, 9.17) is 5.21 Å². The molecule has 1 aromatic rings. The molecule has 0 spiro atoms. The Hall–Kier alpha value is -1.66. The number of amides is 1. The van der Waals surface area contributed by atoms with Crippen LogP contribution in [0.5, 0.6) is 0 Å². The second-order valence-corrected chi connectivity index (χ2v) is 4.98. The summed E-state index contributed by atoms with van der Waals surface area (Å²) in [5, 5.41) is 8.54. The Morgan fingerprint density at radius 1 is 1.44 bits per heavy atom. The predicted octanol–water partition coefficient (Wildman–Crippen LogP) is 0.0933. The quantitative estimate of drug-likeness (QED) is 0.573. The topological polar surface area (TPSA) is 68.7 Å². The van der Waals surface area contributed by atoms with E-state index in [0.29, 0.717) is 17.6 Å². The minimum Gasteiger partial charge on any atom is -0.351 e. The number of hydrogen-bond acceptors (Lipinski definition) is 5. The number of piperazine rings is 1. The second kappa shape index (κ2) is 4.22. The number of hydroxylamine groups is 1. The van der Waals surface area contributed by atoms with E-state index in [2.05, 4.69) is 21.8 Å². The zero-order chi connectivity index (χ0) is 12.7. The van der Waals surface area contributed by atoms with Crippen LogP contribution in [0, 0.1) is 0 Å². The van der Waals surface area contributed by atoms with Crippen LogP contribution in [0.3, 0.4) is 0 Å². The number of aromatic nitrogens is 1. The summed E-state index contributed by atoms with van der Waals surface area (Å²) >= 11 is 0. The van der Waals surface area contributed by atoms with Crippen LogP contribution in [0.1, 0.15) is 16.8 Å². The molecule has 2 aliphatic rings. The first kappa shape index (κ1) is 11.4. The maximum absolute atomic E-state index is 11.2. The van der Waals surface area contributed by atoms with Gasteiger partial charge in [0, 0.05) is 31.4 Å². The zero-order valence-electron chi connectivity index (χ0n) is 10.2. The molecule has 2 saturated heterocycles. The van der Waals surface area contributed by atoms with Crippen LogP contribution in [0.4, 0.5) is 5.82 Å². The lowest BCUT2D eigenvalue weighted by atomic mass is 10.2. The number of fused-ring (bicyclic) bond motifs is 2. The zero-order valence-corrected chi connectivity index (χ0v) is 10.2. The molecule has 3 heterocycles. The molecule has 2 fully saturated rings. The molecule has 1 amide bonds. The summed E-state index contributed by atoms with van der Waals surface area (Å²) in [7, 11) is 2.16. The number of hydrogen-bond donors (Lipinski definition) is 2. The molecular weight excluding hydrogens is 232 g/mol. The van der Waals surface area contributed by atoms with E-state index in [-0.39, 0.29) is 0 Å². The molecule has 96 valence electrons. The molecule has 6 heteroatoms. The smallest absolute Gasteiger partial charge is 0.276 e. The van der Waals surface area contributed by atoms with E-state index in [9.17, 15) is 4.79 Å². The molecule has 0 radical (unpaired) electrons. The number of nitrogens with zero attached hydrogens (tertiary/aromatic N) is 3. The van der Waals surface area contributed by atoms with Gasteiger partial charge in [0.1, 0.15) is 5.82 Å². The molecule has 6 nitrogen and oxygen atoms in total. The van der Waals surface area contributed by atoms with Gasteiger partial charge in [-0.1, -0.05) is 0 Å². The summed E-state index contributed by atoms with van der Waals surface area (Å²) in [6.45, 7) is 2.07. The van der Waals surface area contributed by atoms with Crippen molar-refractivity contribution in [2.24, 2.45) is 0 Å². The van der Waals surface area contributed by atoms with Crippen LogP contribution in [0.2, 0.25) is 0 Å². The number of anilines is 1. The highest BCUT2D eigenvalue weighted by Gasteiger charge is 2.41. The summed E-state index contributed by atoms with van der Waals surface area (Å²) in [5.41, 5.74) is 1.97. The van der Waals surface area contributed by atoms with Gasteiger partial charge in [-0.15, -0.1) is 0 Å². The van der Waals surface area contributed by atoms with Crippen molar-refractivity contribution in [2.75, 3.05) is 25.0 Å². The van der Waals surface area contributed by atoms with E-state index in [1.54, 1.807) is 11.5 Å². The van der Waals surface area contributed by atoms with Gasteiger partial charge in [0.05, 0.1) is 5.56 Å². The van der Waals surface area contributed by atoms with Crippen molar-refractivity contribution < 1.29 is 10.0 Å². The first-order chi connectivity index (χ1) is 8.69. The van der Waals surface area contributed by atoms with Gasteiger partial charge in [-0.25, -0.2) is 10.5 Å². The van der Waals surface area contributed by atoms with E-state index >= 15 is 0 Å². The largest absolute Gasteiger partial charge is 0.351 e. The molecule has 18 heavy (non-hydrogen) atoms. The van der Waals surface area contributed by atoms with Gasteiger partial charge in [0.15, 0.2) is 0 Å². The number of carbonyl (C=O) groups is 1. The van der Waals surface area contributed by atoms with Gasteiger partial charge in [-0.05, 0) is 25.6 Å². The van der Waals surface area contributed by atoms with Crippen molar-refractivity contribution >= 4 is 11.7 Å². The first-order valence-corrected chi connectivity index (χ1v) is 6.06. The summed E-state index contributed by atoms with van der Waals surface area (Å²) in [6.07, 6.45) is 2.69. The Bertz CT molecular complexity index is 460. The summed E-state index contributed by atoms with van der Waals surface area (Å²) in [5.74, 6) is 0.377. The van der Waals surface area contributed by atoms with E-state index in [0.717, 1.165) is 18.9 Å². The fourth-order valence-electron chi connectivity index (χ4n) is 2.90. The van der Waals surface area contributed by atoms with Crippen LogP contribution in [0.25, 0.3) is 0 Å². The molecule has 1 unspecified atom stereocenters. The van der Waals surface area contributed by atoms with Gasteiger partial charge in [0.2, 0.25) is 0 Å². The lowest BCUT2D eigenvalue weighted by Crippen LogP contribution is -2.44. The highest BCUT2D eigenvalue weighted by Crippen LogP contribution is 2.32. The van der Waals surface area contributed by atoms with Gasteiger partial charge in [-0.3, -0.25) is 14.9 Å². The first-order valence-electron chi connectivity index (χ1n) is 6.06. The van der Waals surface area contributed by atoms with Crippen LogP contribution < -0.4 is 10.4 Å². The van der Waals surface area contributed by atoms with E-state index < -0.39 is 5.91 Å². The van der Waals surface area contributed by atoms with E-state index in [1.165, 1.54) is 12.6 Å². The highest BCUT2D eigenvalue weighted by atomic mass is 16.5. The third kappa shape index (κ3) is 1.74. The summed E-state index contributed by atoms with van der Waals surface area (Å²) in [6, 6.07) is 4.68. The summed E-state index contributed by atoms with van der Waals surface area (Å²) < 4.78 is 0. The van der Waals surface area contributed by atoms with Crippen molar-refractivity contribution in [3.05, 3.63) is 23.9 Å². The molecule has 0 saturated carbocycles. The number of carbonyl (C=O) groups excluding carboxylic acids is 1. The Balaban J connectivity index is 1.76. The molecule has 1 aromatic heterocycles. The second-order valence-electron chi connectivity index (χ2n) is 4.98. The number of likely N-dealkylation sites (N-methyl/N-ethyl adjacent to an activating group) is 1. The maximum atomic E-state index is 11.2. The van der Waals surface area contributed by atoms with Crippen molar-refractivity contribution in [1.29, 1.82) is 0 Å². The Labute approximate surface area is 105 Å². The molecule has 2 aliphatic heterocycles. The lowest BCUT2D eigenvalue weighted by molar-refractivity contribution is 0.0706. The van der Waals surface area contributed by atoms with Gasteiger partial charge >= 0.3 is 0 Å². The molecule has 0 aliphatic carbocycles. The lowest BCUT2D eigenvalue weighted by Gasteiger charge is -2.32. The fourth-order valence-corrected chi connectivity index (χ4v) is 2.90. The standard InChI is InChI=1S/C12H16N4O2/c1-15-6-10-4-9(15)7-16(10)11-3-2-8(5-13-11)12(17)14-18/h2-3,5,9-10,18H,4,6-7H2,1H3,(H,14,17)/t9-,10?/m0/s1. The molecule has 2 N–H and O–H groups in total. The Morgan fingerprint density at radius 3 is 2.78 bits per heavy atom. The minimum absolute atomic E-state index is 0.364. The van der Waals surface area contributed by atoms with Gasteiger partial charge in [-0.2, -0.15) is 0 Å². The van der Waals surface area contributed by atoms with Gasteiger partial charge < -0.3 is 4.90 Å². The third-order valence-corrected chi connectivity index (χ3v) is 3.92. The Morgan fingerprint density at radius 2 is 2.28 bits per heavy atom. The van der Waals surface area contributed by atoms with Crippen LogP contribution in [0.15, 0.2) is 18.3 Å². The average Bonchev–Trinajstić information content (AvgIpc) is 2.97. The number of nitrogens with one attached hydrogen (secondary N) is 1. The minimum atomic E-state index is -0.531. The van der Waals surface area contributed by atoms with Crippen LogP contribution >= 0.6 is 0 Å². The van der Waals surface area contributed by atoms with Crippen molar-refractivity contribution in [3.63, 3.8) is 0 Å². The molecule has 3 rings (SSSR count).